The summed E-state index contributed by atoms with van der Waals surface area (Å²) in [6, 6.07) is 13.7. The molecule has 3 rings (SSSR count). The molecule has 1 heterocycles. The van der Waals surface area contributed by atoms with Gasteiger partial charge in [0.25, 0.3) is 5.91 Å². The molecule has 2 aromatic carbocycles. The molecular weight excluding hydrogens is 347 g/mol. The number of hydrogen-bond acceptors (Lipinski definition) is 4. The van der Waals surface area contributed by atoms with Crippen molar-refractivity contribution >= 4 is 5.91 Å². The lowest BCUT2D eigenvalue weighted by molar-refractivity contribution is -0.123. The molecule has 0 radical (unpaired) electrons. The third-order valence-corrected chi connectivity index (χ3v) is 4.76. The number of hydrogen-bond donors (Lipinski definition) is 1. The van der Waals surface area contributed by atoms with Crippen LogP contribution in [0.5, 0.6) is 11.5 Å². The van der Waals surface area contributed by atoms with Crippen LogP contribution < -0.4 is 14.8 Å². The number of benzene rings is 2. The van der Waals surface area contributed by atoms with Crippen LogP contribution >= 0.6 is 0 Å². The smallest absolute Gasteiger partial charge is 0.258 e. The number of methoxy groups -OCH3 is 1. The number of amides is 1. The Labute approximate surface area is 159 Å². The normalized spacial score (nSPS) is 15.3. The van der Waals surface area contributed by atoms with Crippen molar-refractivity contribution in [2.45, 2.75) is 18.9 Å². The average molecular weight is 372 g/mol. The maximum absolute atomic E-state index is 12.9. The van der Waals surface area contributed by atoms with E-state index in [4.69, 9.17) is 9.47 Å². The van der Waals surface area contributed by atoms with Crippen LogP contribution in [0.25, 0.3) is 0 Å². The molecule has 1 aliphatic rings. The van der Waals surface area contributed by atoms with Gasteiger partial charge in [0.2, 0.25) is 0 Å². The van der Waals surface area contributed by atoms with Crippen molar-refractivity contribution < 1.29 is 18.7 Å². The summed E-state index contributed by atoms with van der Waals surface area (Å²) >= 11 is 0. The maximum atomic E-state index is 12.9. The van der Waals surface area contributed by atoms with E-state index in [-0.39, 0.29) is 24.4 Å². The molecule has 1 N–H and O–H groups in total. The Balaban J connectivity index is 1.56. The molecule has 0 aliphatic carbocycles. The second kappa shape index (κ2) is 9.37. The first-order chi connectivity index (χ1) is 13.2. The summed E-state index contributed by atoms with van der Waals surface area (Å²) in [4.78, 5) is 14.6. The van der Waals surface area contributed by atoms with Crippen LogP contribution in [-0.4, -0.2) is 44.2 Å². The van der Waals surface area contributed by atoms with Gasteiger partial charge in [-0.2, -0.15) is 0 Å². The molecule has 0 aromatic heterocycles. The molecule has 0 spiro atoms. The van der Waals surface area contributed by atoms with Crippen molar-refractivity contribution in [2.75, 3.05) is 33.4 Å². The minimum atomic E-state index is -0.334. The quantitative estimate of drug-likeness (QED) is 0.773. The van der Waals surface area contributed by atoms with Crippen LogP contribution in [0.1, 0.15) is 24.4 Å². The van der Waals surface area contributed by atoms with Gasteiger partial charge in [-0.15, -0.1) is 0 Å². The predicted molar refractivity (Wildman–Crippen MR) is 101 cm³/mol. The Morgan fingerprint density at radius 2 is 1.70 bits per heavy atom. The van der Waals surface area contributed by atoms with Gasteiger partial charge in [0.15, 0.2) is 6.61 Å². The minimum Gasteiger partial charge on any atom is -0.497 e. The Kier molecular flexibility index (Phi) is 6.65. The second-order valence-corrected chi connectivity index (χ2v) is 6.58. The molecule has 1 saturated heterocycles. The second-order valence-electron chi connectivity index (χ2n) is 6.58. The Hall–Kier alpha value is -2.60. The standard InChI is InChI=1S/C21H25FN2O3/c1-26-18-8-4-16(5-9-18)20(24-12-2-3-13-24)14-23-21(25)15-27-19-10-6-17(22)7-11-19/h4-11,20H,2-3,12-15H2,1H3,(H,23,25)/t20-/m0/s1. The zero-order valence-electron chi connectivity index (χ0n) is 15.5. The van der Waals surface area contributed by atoms with E-state index in [1.165, 1.54) is 37.1 Å². The highest BCUT2D eigenvalue weighted by atomic mass is 19.1. The Morgan fingerprint density at radius 3 is 2.33 bits per heavy atom. The maximum Gasteiger partial charge on any atom is 0.258 e. The third kappa shape index (κ3) is 5.44. The molecule has 0 saturated carbocycles. The van der Waals surface area contributed by atoms with E-state index in [1.807, 2.05) is 24.3 Å². The molecule has 27 heavy (non-hydrogen) atoms. The zero-order chi connectivity index (χ0) is 19.1. The Morgan fingerprint density at radius 1 is 1.07 bits per heavy atom. The fraction of sp³-hybridized carbons (Fsp3) is 0.381. The van der Waals surface area contributed by atoms with Crippen LogP contribution in [0, 0.1) is 5.82 Å². The summed E-state index contributed by atoms with van der Waals surface area (Å²) in [5.41, 5.74) is 1.15. The van der Waals surface area contributed by atoms with Crippen LogP contribution in [0.15, 0.2) is 48.5 Å². The van der Waals surface area contributed by atoms with Gasteiger partial charge < -0.3 is 14.8 Å². The topological polar surface area (TPSA) is 50.8 Å². The number of nitrogens with zero attached hydrogens (tertiary/aromatic N) is 1. The van der Waals surface area contributed by atoms with E-state index in [2.05, 4.69) is 10.2 Å². The van der Waals surface area contributed by atoms with Crippen molar-refractivity contribution in [1.29, 1.82) is 0 Å². The number of likely N-dealkylation sites (tertiary alicyclic amines) is 1. The lowest BCUT2D eigenvalue weighted by Gasteiger charge is -2.28. The summed E-state index contributed by atoms with van der Waals surface area (Å²) < 4.78 is 23.5. The number of halogens is 1. The van der Waals surface area contributed by atoms with Gasteiger partial charge in [0, 0.05) is 6.54 Å². The number of carbonyl (C=O) groups is 1. The van der Waals surface area contributed by atoms with Crippen molar-refractivity contribution in [3.05, 3.63) is 59.9 Å². The fourth-order valence-electron chi connectivity index (χ4n) is 3.28. The van der Waals surface area contributed by atoms with Crippen molar-refractivity contribution in [3.8, 4) is 11.5 Å². The van der Waals surface area contributed by atoms with E-state index >= 15 is 0 Å². The number of ether oxygens (including phenoxy) is 2. The summed E-state index contributed by atoms with van der Waals surface area (Å²) in [7, 11) is 1.65. The van der Waals surface area contributed by atoms with Crippen LogP contribution in [0.2, 0.25) is 0 Å². The molecule has 1 aliphatic heterocycles. The molecule has 0 unspecified atom stereocenters. The average Bonchev–Trinajstić information content (AvgIpc) is 3.23. The molecule has 1 amide bonds. The van der Waals surface area contributed by atoms with Gasteiger partial charge in [0.1, 0.15) is 17.3 Å². The van der Waals surface area contributed by atoms with Crippen LogP contribution in [0.4, 0.5) is 4.39 Å². The van der Waals surface area contributed by atoms with E-state index in [1.54, 1.807) is 7.11 Å². The highest BCUT2D eigenvalue weighted by molar-refractivity contribution is 5.77. The van der Waals surface area contributed by atoms with Gasteiger partial charge in [-0.3, -0.25) is 9.69 Å². The number of rotatable bonds is 8. The summed E-state index contributed by atoms with van der Waals surface area (Å²) in [6.07, 6.45) is 2.35. The SMILES string of the molecule is COc1ccc([C@H](CNC(=O)COc2ccc(F)cc2)N2CCCC2)cc1. The molecule has 6 heteroatoms. The first-order valence-electron chi connectivity index (χ1n) is 9.19. The Bertz CT molecular complexity index is 728. The molecule has 144 valence electrons. The van der Waals surface area contributed by atoms with Crippen molar-refractivity contribution in [1.82, 2.24) is 10.2 Å². The lowest BCUT2D eigenvalue weighted by Crippen LogP contribution is -2.38. The largest absolute Gasteiger partial charge is 0.497 e. The van der Waals surface area contributed by atoms with Gasteiger partial charge in [0.05, 0.1) is 13.2 Å². The van der Waals surface area contributed by atoms with E-state index in [0.717, 1.165) is 24.4 Å². The molecule has 2 aromatic rings. The predicted octanol–water partition coefficient (Wildman–Crippen LogP) is 3.17. The van der Waals surface area contributed by atoms with Gasteiger partial charge in [-0.25, -0.2) is 4.39 Å². The summed E-state index contributed by atoms with van der Waals surface area (Å²) in [5, 5.41) is 2.96. The molecule has 0 bridgehead atoms. The summed E-state index contributed by atoms with van der Waals surface area (Å²) in [6.45, 7) is 2.47. The van der Waals surface area contributed by atoms with Gasteiger partial charge >= 0.3 is 0 Å². The highest BCUT2D eigenvalue weighted by Crippen LogP contribution is 2.26. The van der Waals surface area contributed by atoms with E-state index in [9.17, 15) is 9.18 Å². The molecule has 5 nitrogen and oxygen atoms in total. The molecular formula is C21H25FN2O3. The zero-order valence-corrected chi connectivity index (χ0v) is 15.5. The fourth-order valence-corrected chi connectivity index (χ4v) is 3.28. The highest BCUT2D eigenvalue weighted by Gasteiger charge is 2.24. The molecule has 1 atom stereocenters. The number of nitrogens with one attached hydrogen (secondary N) is 1. The van der Waals surface area contributed by atoms with Gasteiger partial charge in [-0.1, -0.05) is 12.1 Å². The third-order valence-electron chi connectivity index (χ3n) is 4.76. The number of carbonyl (C=O) groups excluding carboxylic acids is 1. The van der Waals surface area contributed by atoms with Crippen LogP contribution in [0.3, 0.4) is 0 Å². The minimum absolute atomic E-state index is 0.0963. The van der Waals surface area contributed by atoms with E-state index in [0.29, 0.717) is 12.3 Å². The monoisotopic (exact) mass is 372 g/mol. The van der Waals surface area contributed by atoms with Crippen LogP contribution in [-0.2, 0) is 4.79 Å². The lowest BCUT2D eigenvalue weighted by atomic mass is 10.1. The van der Waals surface area contributed by atoms with Crippen molar-refractivity contribution in [2.24, 2.45) is 0 Å². The van der Waals surface area contributed by atoms with Crippen molar-refractivity contribution in [3.63, 3.8) is 0 Å². The summed E-state index contributed by atoms with van der Waals surface area (Å²) in [5.74, 6) is 0.755. The molecule has 1 fully saturated rings. The first-order valence-corrected chi connectivity index (χ1v) is 9.19. The van der Waals surface area contributed by atoms with E-state index < -0.39 is 0 Å². The first kappa shape index (κ1) is 19.2. The van der Waals surface area contributed by atoms with Gasteiger partial charge in [-0.05, 0) is 67.9 Å².